The fourth-order valence-electron chi connectivity index (χ4n) is 2.25. The fraction of sp³-hybridized carbons (Fsp3) is 0.263. The summed E-state index contributed by atoms with van der Waals surface area (Å²) in [6.07, 6.45) is -4.45. The molecule has 0 atom stereocenters. The van der Waals surface area contributed by atoms with Gasteiger partial charge in [0.1, 0.15) is 0 Å². The second kappa shape index (κ2) is 8.62. The first-order chi connectivity index (χ1) is 12.7. The summed E-state index contributed by atoms with van der Waals surface area (Å²) in [4.78, 5) is 0. The number of nitrogen functional groups attached to an aromatic ring is 1. The van der Waals surface area contributed by atoms with Gasteiger partial charge in [-0.3, -0.25) is 4.57 Å². The summed E-state index contributed by atoms with van der Waals surface area (Å²) >= 11 is 0. The van der Waals surface area contributed by atoms with Crippen LogP contribution in [0.1, 0.15) is 30.5 Å². The largest absolute Gasteiger partial charge is 0.416 e. The van der Waals surface area contributed by atoms with Crippen LogP contribution in [0.25, 0.3) is 0 Å². The molecular formula is C19H19F3NO3P. The highest BCUT2D eigenvalue weighted by molar-refractivity contribution is 7.62. The van der Waals surface area contributed by atoms with Crippen molar-refractivity contribution in [1.29, 1.82) is 0 Å². The summed E-state index contributed by atoms with van der Waals surface area (Å²) in [6.45, 7) is 3.93. The summed E-state index contributed by atoms with van der Waals surface area (Å²) in [5, 5.41) is 0.408. The van der Waals surface area contributed by atoms with Crippen molar-refractivity contribution in [3.05, 3.63) is 59.2 Å². The van der Waals surface area contributed by atoms with Crippen LogP contribution in [0.4, 0.5) is 18.9 Å². The average molecular weight is 397 g/mol. The molecular weight excluding hydrogens is 378 g/mol. The monoisotopic (exact) mass is 397 g/mol. The Morgan fingerprint density at radius 3 is 2.07 bits per heavy atom. The molecule has 0 fully saturated rings. The quantitative estimate of drug-likeness (QED) is 0.456. The minimum Gasteiger partial charge on any atom is -0.398 e. The molecule has 0 aliphatic carbocycles. The van der Waals surface area contributed by atoms with Gasteiger partial charge in [-0.2, -0.15) is 13.2 Å². The molecule has 0 aromatic heterocycles. The number of alkyl halides is 3. The fourth-order valence-corrected chi connectivity index (χ4v) is 3.81. The second-order valence-electron chi connectivity index (χ2n) is 5.43. The van der Waals surface area contributed by atoms with E-state index >= 15 is 0 Å². The highest BCUT2D eigenvalue weighted by Crippen LogP contribution is 2.46. The first-order valence-corrected chi connectivity index (χ1v) is 9.72. The Morgan fingerprint density at radius 2 is 1.59 bits per heavy atom. The molecule has 0 unspecified atom stereocenters. The number of hydrogen-bond acceptors (Lipinski definition) is 4. The van der Waals surface area contributed by atoms with Gasteiger partial charge >= 0.3 is 13.8 Å². The minimum atomic E-state index is -4.45. The van der Waals surface area contributed by atoms with E-state index in [1.807, 2.05) is 0 Å². The van der Waals surface area contributed by atoms with Gasteiger partial charge in [0.15, 0.2) is 0 Å². The van der Waals surface area contributed by atoms with Crippen molar-refractivity contribution in [3.8, 4) is 11.8 Å². The topological polar surface area (TPSA) is 61.5 Å². The van der Waals surface area contributed by atoms with E-state index in [0.29, 0.717) is 16.4 Å². The Balaban J connectivity index is 2.24. The molecule has 2 aromatic carbocycles. The van der Waals surface area contributed by atoms with Crippen molar-refractivity contribution in [3.63, 3.8) is 0 Å². The first-order valence-electron chi connectivity index (χ1n) is 8.18. The van der Waals surface area contributed by atoms with Crippen LogP contribution in [0.3, 0.4) is 0 Å². The van der Waals surface area contributed by atoms with Gasteiger partial charge in [0.25, 0.3) is 0 Å². The lowest BCUT2D eigenvalue weighted by molar-refractivity contribution is -0.137. The van der Waals surface area contributed by atoms with Crippen LogP contribution in [-0.2, 0) is 19.8 Å². The van der Waals surface area contributed by atoms with Gasteiger partial charge in [0.2, 0.25) is 0 Å². The van der Waals surface area contributed by atoms with Gasteiger partial charge < -0.3 is 14.8 Å². The molecule has 0 bridgehead atoms. The van der Waals surface area contributed by atoms with E-state index in [2.05, 4.69) is 11.8 Å². The number of rotatable bonds is 5. The SMILES string of the molecule is CCOP(=O)(OCC)c1ccc(C#Cc2ccc(C(F)(F)F)cc2N)cc1. The molecule has 8 heteroatoms. The number of nitrogens with two attached hydrogens (primary N) is 1. The molecule has 2 aromatic rings. The molecule has 0 heterocycles. The maximum absolute atomic E-state index is 12.7. The van der Waals surface area contributed by atoms with Gasteiger partial charge in [-0.05, 0) is 56.3 Å². The molecule has 27 heavy (non-hydrogen) atoms. The summed E-state index contributed by atoms with van der Waals surface area (Å²) in [5.74, 6) is 5.56. The van der Waals surface area contributed by atoms with Crippen molar-refractivity contribution in [2.45, 2.75) is 20.0 Å². The number of anilines is 1. The molecule has 0 spiro atoms. The molecule has 2 rings (SSSR count). The molecule has 0 amide bonds. The number of benzene rings is 2. The predicted molar refractivity (Wildman–Crippen MR) is 98.8 cm³/mol. The van der Waals surface area contributed by atoms with E-state index in [1.165, 1.54) is 6.07 Å². The molecule has 0 saturated heterocycles. The third-order valence-electron chi connectivity index (χ3n) is 3.50. The van der Waals surface area contributed by atoms with Crippen LogP contribution in [0.2, 0.25) is 0 Å². The second-order valence-corrected chi connectivity index (χ2v) is 7.46. The van der Waals surface area contributed by atoms with E-state index in [-0.39, 0.29) is 18.9 Å². The predicted octanol–water partition coefficient (Wildman–Crippen LogP) is 4.58. The van der Waals surface area contributed by atoms with Crippen LogP contribution in [0.5, 0.6) is 0 Å². The van der Waals surface area contributed by atoms with E-state index in [1.54, 1.807) is 38.1 Å². The van der Waals surface area contributed by atoms with Gasteiger partial charge in [0, 0.05) is 16.8 Å². The van der Waals surface area contributed by atoms with Crippen LogP contribution < -0.4 is 11.0 Å². The maximum atomic E-state index is 12.7. The van der Waals surface area contributed by atoms with Crippen LogP contribution >= 0.6 is 7.60 Å². The minimum absolute atomic E-state index is 0.0499. The standard InChI is InChI=1S/C19H19F3NO3P/c1-3-25-27(24,26-4-2)17-11-6-14(7-12-17)5-8-15-9-10-16(13-18(15)23)19(20,21)22/h6-7,9-13H,3-4,23H2,1-2H3. The Hall–Kier alpha value is -2.26. The third kappa shape index (κ3) is 5.36. The first kappa shape index (κ1) is 21.0. The summed E-state index contributed by atoms with van der Waals surface area (Å²) < 4.78 is 61.2. The van der Waals surface area contributed by atoms with E-state index in [0.717, 1.165) is 12.1 Å². The number of hydrogen-bond donors (Lipinski definition) is 1. The maximum Gasteiger partial charge on any atom is 0.416 e. The number of halogens is 3. The summed E-state index contributed by atoms with van der Waals surface area (Å²) in [5.41, 5.74) is 5.66. The Bertz CT molecular complexity index is 889. The van der Waals surface area contributed by atoms with Crippen molar-refractivity contribution in [2.75, 3.05) is 18.9 Å². The van der Waals surface area contributed by atoms with Crippen molar-refractivity contribution in [2.24, 2.45) is 0 Å². The zero-order valence-electron chi connectivity index (χ0n) is 14.8. The zero-order chi connectivity index (χ0) is 20.1. The van der Waals surface area contributed by atoms with Crippen molar-refractivity contribution in [1.82, 2.24) is 0 Å². The average Bonchev–Trinajstić information content (AvgIpc) is 2.60. The lowest BCUT2D eigenvalue weighted by Crippen LogP contribution is -2.10. The third-order valence-corrected chi connectivity index (χ3v) is 5.63. The molecule has 4 nitrogen and oxygen atoms in total. The Kier molecular flexibility index (Phi) is 6.72. The molecule has 0 aliphatic heterocycles. The van der Waals surface area contributed by atoms with Crippen LogP contribution in [-0.4, -0.2) is 13.2 Å². The molecule has 0 radical (unpaired) electrons. The van der Waals surface area contributed by atoms with E-state index < -0.39 is 19.3 Å². The van der Waals surface area contributed by atoms with Gasteiger partial charge in [-0.25, -0.2) is 0 Å². The smallest absolute Gasteiger partial charge is 0.398 e. The van der Waals surface area contributed by atoms with E-state index in [4.69, 9.17) is 14.8 Å². The zero-order valence-corrected chi connectivity index (χ0v) is 15.7. The summed E-state index contributed by atoms with van der Waals surface area (Å²) in [7, 11) is -3.37. The molecule has 0 aliphatic rings. The van der Waals surface area contributed by atoms with Gasteiger partial charge in [0.05, 0.1) is 24.1 Å². The lowest BCUT2D eigenvalue weighted by atomic mass is 10.1. The Morgan fingerprint density at radius 1 is 1.00 bits per heavy atom. The summed E-state index contributed by atoms with van der Waals surface area (Å²) in [6, 6.07) is 9.47. The van der Waals surface area contributed by atoms with Crippen molar-refractivity contribution >= 4 is 18.6 Å². The van der Waals surface area contributed by atoms with Crippen LogP contribution in [0, 0.1) is 11.8 Å². The molecule has 2 N–H and O–H groups in total. The normalized spacial score (nSPS) is 11.7. The van der Waals surface area contributed by atoms with E-state index in [9.17, 15) is 17.7 Å². The van der Waals surface area contributed by atoms with Gasteiger partial charge in [-0.15, -0.1) is 0 Å². The Labute approximate surface area is 156 Å². The molecule has 0 saturated carbocycles. The van der Waals surface area contributed by atoms with Gasteiger partial charge in [-0.1, -0.05) is 11.8 Å². The highest BCUT2D eigenvalue weighted by Gasteiger charge is 2.30. The van der Waals surface area contributed by atoms with Crippen molar-refractivity contribution < 1.29 is 26.8 Å². The highest BCUT2D eigenvalue weighted by atomic mass is 31.2. The molecule has 144 valence electrons. The lowest BCUT2D eigenvalue weighted by Gasteiger charge is -2.16. The van der Waals surface area contributed by atoms with Crippen LogP contribution in [0.15, 0.2) is 42.5 Å².